The van der Waals surface area contributed by atoms with E-state index in [0.29, 0.717) is 0 Å². The highest BCUT2D eigenvalue weighted by atomic mass is 19.1. The van der Waals surface area contributed by atoms with E-state index in [0.717, 1.165) is 22.5 Å². The molecule has 0 aliphatic carbocycles. The van der Waals surface area contributed by atoms with Crippen LogP contribution in [0.25, 0.3) is 0 Å². The molecule has 0 atom stereocenters. The van der Waals surface area contributed by atoms with E-state index in [1.807, 2.05) is 32.9 Å². The molecule has 0 amide bonds. The minimum atomic E-state index is -0.125. The molecule has 29 heavy (non-hydrogen) atoms. The highest BCUT2D eigenvalue weighted by Gasteiger charge is 2.21. The summed E-state index contributed by atoms with van der Waals surface area (Å²) < 4.78 is 13.9. The van der Waals surface area contributed by atoms with Crippen molar-refractivity contribution >= 4 is 0 Å². The van der Waals surface area contributed by atoms with Crippen molar-refractivity contribution in [3.63, 3.8) is 0 Å². The quantitative estimate of drug-likeness (QED) is 0.458. The lowest BCUT2D eigenvalue weighted by Crippen LogP contribution is -2.18. The summed E-state index contributed by atoms with van der Waals surface area (Å²) in [7, 11) is 0. The molecule has 2 nitrogen and oxygen atoms in total. The molecule has 0 bridgehead atoms. The predicted octanol–water partition coefficient (Wildman–Crippen LogP) is 7.49. The van der Waals surface area contributed by atoms with Crippen molar-refractivity contribution in [2.24, 2.45) is 0 Å². The van der Waals surface area contributed by atoms with Crippen LogP contribution in [0, 0.1) is 5.82 Å². The van der Waals surface area contributed by atoms with Gasteiger partial charge in [0, 0.05) is 10.8 Å². The Balaban J connectivity index is 0.000000291. The molecule has 0 spiro atoms. The predicted molar refractivity (Wildman–Crippen MR) is 123 cm³/mol. The van der Waals surface area contributed by atoms with Crippen molar-refractivity contribution in [2.75, 3.05) is 0 Å². The second-order valence-electron chi connectivity index (χ2n) is 12.0. The molecule has 162 valence electrons. The van der Waals surface area contributed by atoms with Gasteiger partial charge in [0.2, 0.25) is 0 Å². The van der Waals surface area contributed by atoms with Gasteiger partial charge >= 0.3 is 0 Å². The lowest BCUT2D eigenvalue weighted by atomic mass is 9.82. The van der Waals surface area contributed by atoms with E-state index < -0.39 is 0 Å². The summed E-state index contributed by atoms with van der Waals surface area (Å²) in [5.41, 5.74) is 3.99. The first-order valence-corrected chi connectivity index (χ1v) is 10.5. The molecular formula is C26H41FN2. The third kappa shape index (κ3) is 7.53. The molecule has 2 rings (SSSR count). The van der Waals surface area contributed by atoms with Crippen LogP contribution in [-0.4, -0.2) is 10.2 Å². The Hall–Kier alpha value is -1.77. The largest absolute Gasteiger partial charge is 0.207 e. The number of nitrogens with zero attached hydrogens (tertiary/aromatic N) is 2. The van der Waals surface area contributed by atoms with Gasteiger partial charge in [-0.3, -0.25) is 0 Å². The molecule has 0 aliphatic heterocycles. The third-order valence-corrected chi connectivity index (χ3v) is 4.84. The molecule has 0 fully saturated rings. The Kier molecular flexibility index (Phi) is 7.44. The van der Waals surface area contributed by atoms with E-state index in [9.17, 15) is 4.39 Å². The Bertz CT molecular complexity index is 760. The minimum absolute atomic E-state index is 0.0112. The van der Waals surface area contributed by atoms with Gasteiger partial charge in [-0.1, -0.05) is 95.2 Å². The minimum Gasteiger partial charge on any atom is -0.207 e. The maximum atomic E-state index is 13.9. The fourth-order valence-electron chi connectivity index (χ4n) is 2.72. The zero-order valence-corrected chi connectivity index (χ0v) is 20.7. The van der Waals surface area contributed by atoms with Crippen molar-refractivity contribution in [3.8, 4) is 0 Å². The average molecular weight is 401 g/mol. The number of hydrogen-bond donors (Lipinski definition) is 0. The molecule has 0 radical (unpaired) electrons. The van der Waals surface area contributed by atoms with Crippen molar-refractivity contribution < 1.29 is 4.39 Å². The van der Waals surface area contributed by atoms with E-state index in [-0.39, 0.29) is 27.5 Å². The molecule has 2 aromatic rings. The van der Waals surface area contributed by atoms with Gasteiger partial charge < -0.3 is 0 Å². The van der Waals surface area contributed by atoms with Gasteiger partial charge in [-0.05, 0) is 40.2 Å². The van der Waals surface area contributed by atoms with Crippen LogP contribution in [0.1, 0.15) is 106 Å². The van der Waals surface area contributed by atoms with Crippen LogP contribution in [0.5, 0.6) is 0 Å². The fourth-order valence-corrected chi connectivity index (χ4v) is 2.72. The lowest BCUT2D eigenvalue weighted by Gasteiger charge is -2.24. The summed E-state index contributed by atoms with van der Waals surface area (Å²) in [5, 5.41) is 8.53. The van der Waals surface area contributed by atoms with E-state index in [2.05, 4.69) is 84.6 Å². The van der Waals surface area contributed by atoms with E-state index >= 15 is 0 Å². The molecule has 0 saturated carbocycles. The summed E-state index contributed by atoms with van der Waals surface area (Å²) in [4.78, 5) is 0. The Morgan fingerprint density at radius 1 is 0.552 bits per heavy atom. The number of aromatic nitrogens is 2. The molecular weight excluding hydrogens is 359 g/mol. The lowest BCUT2D eigenvalue weighted by molar-refractivity contribution is 0.513. The van der Waals surface area contributed by atoms with Gasteiger partial charge in [0.15, 0.2) is 0 Å². The number of halogens is 1. The smallest absolute Gasteiger partial charge is 0.127 e. The zero-order valence-electron chi connectivity index (χ0n) is 20.7. The van der Waals surface area contributed by atoms with Crippen LogP contribution in [0.3, 0.4) is 0 Å². The average Bonchev–Trinajstić information content (AvgIpc) is 2.52. The number of rotatable bonds is 0. The Morgan fingerprint density at radius 3 is 1.21 bits per heavy atom. The molecule has 0 saturated heterocycles. The maximum Gasteiger partial charge on any atom is 0.127 e. The van der Waals surface area contributed by atoms with Crippen molar-refractivity contribution in [1.29, 1.82) is 0 Å². The molecule has 3 heteroatoms. The summed E-state index contributed by atoms with van der Waals surface area (Å²) in [6.07, 6.45) is 0. The SMILES string of the molecule is CC(C)(C)c1ccc(C(C)(C)C)c(F)c1.CC(C)(C)c1ccc(C(C)(C)C)nn1. The first-order chi connectivity index (χ1) is 12.8. The first-order valence-electron chi connectivity index (χ1n) is 10.5. The third-order valence-electron chi connectivity index (χ3n) is 4.84. The number of hydrogen-bond acceptors (Lipinski definition) is 2. The van der Waals surface area contributed by atoms with Gasteiger partial charge in [-0.2, -0.15) is 10.2 Å². The van der Waals surface area contributed by atoms with E-state index in [1.165, 1.54) is 0 Å². The standard InChI is InChI=1S/C14H21F.C12H20N2/c1-13(2,3)10-7-8-11(12(15)9-10)14(4,5)6;1-11(2,3)9-7-8-10(14-13-9)12(4,5)6/h7-9H,1-6H3;7-8H,1-6H3. The molecule has 1 aromatic carbocycles. The van der Waals surface area contributed by atoms with Crippen LogP contribution in [-0.2, 0) is 21.7 Å². The van der Waals surface area contributed by atoms with E-state index in [1.54, 1.807) is 6.07 Å². The molecule has 1 heterocycles. The zero-order chi connectivity index (χ0) is 22.8. The van der Waals surface area contributed by atoms with Crippen LogP contribution < -0.4 is 0 Å². The molecule has 0 unspecified atom stereocenters. The second kappa shape index (κ2) is 8.53. The number of benzene rings is 1. The topological polar surface area (TPSA) is 25.8 Å². The van der Waals surface area contributed by atoms with Gasteiger partial charge in [0.1, 0.15) is 5.82 Å². The fraction of sp³-hybridized carbons (Fsp3) is 0.615. The summed E-state index contributed by atoms with van der Waals surface area (Å²) in [5.74, 6) is -0.0880. The van der Waals surface area contributed by atoms with Gasteiger partial charge in [0.05, 0.1) is 11.4 Å². The summed E-state index contributed by atoms with van der Waals surface area (Å²) in [6.45, 7) is 25.3. The second-order valence-corrected chi connectivity index (χ2v) is 12.0. The van der Waals surface area contributed by atoms with Crippen LogP contribution >= 0.6 is 0 Å². The molecule has 0 N–H and O–H groups in total. The monoisotopic (exact) mass is 400 g/mol. The Labute approximate surface area is 178 Å². The van der Waals surface area contributed by atoms with E-state index in [4.69, 9.17) is 0 Å². The molecule has 1 aromatic heterocycles. The normalized spacial score (nSPS) is 13.0. The summed E-state index contributed by atoms with van der Waals surface area (Å²) >= 11 is 0. The van der Waals surface area contributed by atoms with Crippen LogP contribution in [0.15, 0.2) is 30.3 Å². The summed E-state index contributed by atoms with van der Waals surface area (Å²) in [6, 6.07) is 9.77. The van der Waals surface area contributed by atoms with Crippen molar-refractivity contribution in [1.82, 2.24) is 10.2 Å². The maximum absolute atomic E-state index is 13.9. The molecule has 0 aliphatic rings. The highest BCUT2D eigenvalue weighted by molar-refractivity contribution is 5.32. The van der Waals surface area contributed by atoms with Crippen molar-refractivity contribution in [2.45, 2.75) is 105 Å². The first kappa shape index (κ1) is 25.3. The van der Waals surface area contributed by atoms with Gasteiger partial charge in [-0.25, -0.2) is 4.39 Å². The van der Waals surface area contributed by atoms with Crippen LogP contribution in [0.4, 0.5) is 4.39 Å². The van der Waals surface area contributed by atoms with Crippen LogP contribution in [0.2, 0.25) is 0 Å². The van der Waals surface area contributed by atoms with Gasteiger partial charge in [0.25, 0.3) is 0 Å². The Morgan fingerprint density at radius 2 is 0.966 bits per heavy atom. The van der Waals surface area contributed by atoms with Gasteiger partial charge in [-0.15, -0.1) is 0 Å². The van der Waals surface area contributed by atoms with Crippen molar-refractivity contribution in [3.05, 3.63) is 58.7 Å². The highest BCUT2D eigenvalue weighted by Crippen LogP contribution is 2.29.